The summed E-state index contributed by atoms with van der Waals surface area (Å²) in [5, 5.41) is 0. The third-order valence-electron chi connectivity index (χ3n) is 2.01. The van der Waals surface area contributed by atoms with Gasteiger partial charge in [0.2, 0.25) is 0 Å². The quantitative estimate of drug-likeness (QED) is 0.540. The number of hydrogen-bond acceptors (Lipinski definition) is 0. The van der Waals surface area contributed by atoms with Gasteiger partial charge in [0.05, 0.1) is 0 Å². The average Bonchev–Trinajstić information content (AvgIpc) is 2.23. The molecule has 0 rings (SSSR count). The van der Waals surface area contributed by atoms with Crippen molar-refractivity contribution in [1.82, 2.24) is 0 Å². The number of rotatable bonds is 6. The van der Waals surface area contributed by atoms with Crippen molar-refractivity contribution in [2.45, 2.75) is 13.3 Å². The van der Waals surface area contributed by atoms with Crippen molar-refractivity contribution in [3.63, 3.8) is 0 Å². The lowest BCUT2D eigenvalue weighted by molar-refractivity contribution is 1.13. The molecule has 0 bridgehead atoms. The molecule has 0 saturated heterocycles. The molecule has 0 radical (unpaired) electrons. The zero-order valence-electron chi connectivity index (χ0n) is 8.92. The second-order valence-corrected chi connectivity index (χ2v) is 2.76. The van der Waals surface area contributed by atoms with Gasteiger partial charge >= 0.3 is 0 Å². The fourth-order valence-corrected chi connectivity index (χ4v) is 1.27. The normalized spacial score (nSPS) is 12.8. The van der Waals surface area contributed by atoms with Crippen molar-refractivity contribution in [3.05, 3.63) is 73.4 Å². The van der Waals surface area contributed by atoms with Crippen LogP contribution in [0, 0.1) is 0 Å². The molecule has 0 aliphatic heterocycles. The molecule has 0 aliphatic rings. The molecule has 0 heteroatoms. The first-order valence-corrected chi connectivity index (χ1v) is 4.68. The Morgan fingerprint density at radius 3 is 1.93 bits per heavy atom. The Balaban J connectivity index is 5.42. The van der Waals surface area contributed by atoms with E-state index >= 15 is 0 Å². The Labute approximate surface area is 87.3 Å². The van der Waals surface area contributed by atoms with Crippen LogP contribution in [0.25, 0.3) is 0 Å². The fraction of sp³-hybridized carbons (Fsp3) is 0.143. The molecule has 0 atom stereocenters. The van der Waals surface area contributed by atoms with Gasteiger partial charge in [0.15, 0.2) is 0 Å². The minimum atomic E-state index is 0.938. The van der Waals surface area contributed by atoms with E-state index in [9.17, 15) is 0 Å². The maximum Gasteiger partial charge on any atom is -0.0158 e. The Morgan fingerprint density at radius 2 is 1.64 bits per heavy atom. The smallest absolute Gasteiger partial charge is 0.0158 e. The summed E-state index contributed by atoms with van der Waals surface area (Å²) in [4.78, 5) is 0. The summed E-state index contributed by atoms with van der Waals surface area (Å²) in [6, 6.07) is 0. The largest absolute Gasteiger partial charge is 0.0990 e. The van der Waals surface area contributed by atoms with Crippen LogP contribution in [0.2, 0.25) is 0 Å². The maximum atomic E-state index is 3.80. The van der Waals surface area contributed by atoms with Gasteiger partial charge in [-0.1, -0.05) is 63.6 Å². The highest BCUT2D eigenvalue weighted by molar-refractivity contribution is 5.51. The summed E-state index contributed by atoms with van der Waals surface area (Å²) in [6.07, 6.45) is 10.1. The lowest BCUT2D eigenvalue weighted by Gasteiger charge is -2.07. The summed E-state index contributed by atoms with van der Waals surface area (Å²) in [5.74, 6) is 0. The molecule has 0 saturated carbocycles. The molecule has 0 amide bonds. The second-order valence-electron chi connectivity index (χ2n) is 2.76. The molecule has 0 aromatic carbocycles. The first-order chi connectivity index (χ1) is 6.74. The standard InChI is InChI=1S/C14H18/c1-6-11-13(9-4)14(10-5)12(7-2)8-3/h6-7,9-11H,1-2,4-5,8H2,3H3/b13-11+,14-12-. The molecule has 74 valence electrons. The van der Waals surface area contributed by atoms with Crippen molar-refractivity contribution < 1.29 is 0 Å². The lowest BCUT2D eigenvalue weighted by Crippen LogP contribution is -1.88. The lowest BCUT2D eigenvalue weighted by atomic mass is 9.98. The number of hydrogen-bond donors (Lipinski definition) is 0. The Kier molecular flexibility index (Phi) is 6.13. The molecular weight excluding hydrogens is 168 g/mol. The molecule has 0 aromatic heterocycles. The zero-order valence-corrected chi connectivity index (χ0v) is 8.92. The van der Waals surface area contributed by atoms with Crippen LogP contribution < -0.4 is 0 Å². The van der Waals surface area contributed by atoms with Gasteiger partial charge in [-0.15, -0.1) is 0 Å². The minimum Gasteiger partial charge on any atom is -0.0990 e. The predicted octanol–water partition coefficient (Wildman–Crippen LogP) is 4.36. The molecule has 0 aromatic rings. The van der Waals surface area contributed by atoms with Crippen LogP contribution in [0.4, 0.5) is 0 Å². The highest BCUT2D eigenvalue weighted by atomic mass is 14.1. The van der Waals surface area contributed by atoms with Crippen molar-refractivity contribution >= 4 is 0 Å². The third kappa shape index (κ3) is 3.06. The Bertz CT molecular complexity index is 298. The highest BCUT2D eigenvalue weighted by Gasteiger charge is 2.01. The first kappa shape index (κ1) is 12.4. The van der Waals surface area contributed by atoms with Gasteiger partial charge < -0.3 is 0 Å². The van der Waals surface area contributed by atoms with Crippen LogP contribution in [0.1, 0.15) is 13.3 Å². The molecule has 0 fully saturated rings. The SMILES string of the molecule is C=C/C=C(C=C)/C(C=C)=C(/C=C)CC. The highest BCUT2D eigenvalue weighted by Crippen LogP contribution is 2.20. The Morgan fingerprint density at radius 1 is 1.00 bits per heavy atom. The summed E-state index contributed by atoms with van der Waals surface area (Å²) in [5.41, 5.74) is 3.29. The summed E-state index contributed by atoms with van der Waals surface area (Å²) in [7, 11) is 0. The summed E-state index contributed by atoms with van der Waals surface area (Å²) >= 11 is 0. The van der Waals surface area contributed by atoms with Gasteiger partial charge in [0.1, 0.15) is 0 Å². The van der Waals surface area contributed by atoms with E-state index in [0.717, 1.165) is 17.6 Å². The third-order valence-corrected chi connectivity index (χ3v) is 2.01. The predicted molar refractivity (Wildman–Crippen MR) is 66.2 cm³/mol. The molecular formula is C14H18. The van der Waals surface area contributed by atoms with Gasteiger partial charge in [-0.25, -0.2) is 0 Å². The molecule has 0 heterocycles. The monoisotopic (exact) mass is 186 g/mol. The first-order valence-electron chi connectivity index (χ1n) is 4.68. The van der Waals surface area contributed by atoms with Gasteiger partial charge in [-0.2, -0.15) is 0 Å². The van der Waals surface area contributed by atoms with E-state index in [1.807, 2.05) is 18.2 Å². The van der Waals surface area contributed by atoms with Gasteiger partial charge in [0, 0.05) is 0 Å². The molecule has 0 unspecified atom stereocenters. The van der Waals surface area contributed by atoms with E-state index < -0.39 is 0 Å². The van der Waals surface area contributed by atoms with Crippen LogP contribution in [0.3, 0.4) is 0 Å². The van der Waals surface area contributed by atoms with Crippen molar-refractivity contribution in [1.29, 1.82) is 0 Å². The topological polar surface area (TPSA) is 0 Å². The molecule has 0 spiro atoms. The van der Waals surface area contributed by atoms with Crippen LogP contribution in [-0.2, 0) is 0 Å². The van der Waals surface area contributed by atoms with E-state index in [1.54, 1.807) is 12.2 Å². The van der Waals surface area contributed by atoms with E-state index in [1.165, 1.54) is 5.57 Å². The maximum absolute atomic E-state index is 3.80. The molecule has 0 aliphatic carbocycles. The average molecular weight is 186 g/mol. The van der Waals surface area contributed by atoms with E-state index in [2.05, 4.69) is 33.2 Å². The molecule has 0 N–H and O–H groups in total. The van der Waals surface area contributed by atoms with Gasteiger partial charge in [-0.3, -0.25) is 0 Å². The second kappa shape index (κ2) is 6.90. The van der Waals surface area contributed by atoms with Crippen molar-refractivity contribution in [2.75, 3.05) is 0 Å². The van der Waals surface area contributed by atoms with Crippen molar-refractivity contribution in [2.24, 2.45) is 0 Å². The van der Waals surface area contributed by atoms with Gasteiger partial charge in [-0.05, 0) is 23.1 Å². The fourth-order valence-electron chi connectivity index (χ4n) is 1.27. The van der Waals surface area contributed by atoms with Crippen LogP contribution >= 0.6 is 0 Å². The van der Waals surface area contributed by atoms with E-state index in [-0.39, 0.29) is 0 Å². The molecule has 0 nitrogen and oxygen atoms in total. The van der Waals surface area contributed by atoms with E-state index in [4.69, 9.17) is 0 Å². The van der Waals surface area contributed by atoms with Crippen LogP contribution in [0.15, 0.2) is 73.4 Å². The Hall–Kier alpha value is -1.56. The van der Waals surface area contributed by atoms with Crippen molar-refractivity contribution in [3.8, 4) is 0 Å². The summed E-state index contributed by atoms with van der Waals surface area (Å²) in [6.45, 7) is 17.1. The zero-order chi connectivity index (χ0) is 11.0. The molecule has 14 heavy (non-hydrogen) atoms. The number of allylic oxidation sites excluding steroid dienone is 8. The minimum absolute atomic E-state index is 0.938. The summed E-state index contributed by atoms with van der Waals surface area (Å²) < 4.78 is 0. The van der Waals surface area contributed by atoms with Gasteiger partial charge in [0.25, 0.3) is 0 Å². The van der Waals surface area contributed by atoms with E-state index in [0.29, 0.717) is 0 Å². The van der Waals surface area contributed by atoms with Crippen LogP contribution in [-0.4, -0.2) is 0 Å². The van der Waals surface area contributed by atoms with Crippen LogP contribution in [0.5, 0.6) is 0 Å².